The quantitative estimate of drug-likeness (QED) is 0.351. The normalized spacial score (nSPS) is 36.9. The lowest BCUT2D eigenvalue weighted by Gasteiger charge is -2.47. The molecule has 0 bridgehead atoms. The fraction of sp³-hybridized carbons (Fsp3) is 0.667. The fourth-order valence-electron chi connectivity index (χ4n) is 5.07. The van der Waals surface area contributed by atoms with E-state index in [1.54, 1.807) is 7.11 Å². The number of hydrogen-bond acceptors (Lipinski definition) is 4. The second-order valence-electron chi connectivity index (χ2n) is 9.39. The summed E-state index contributed by atoms with van der Waals surface area (Å²) in [5.41, 5.74) is 1.05. The summed E-state index contributed by atoms with van der Waals surface area (Å²) in [4.78, 5) is 0. The molecule has 3 rings (SSSR count). The number of epoxide rings is 1. The molecule has 1 saturated carbocycles. The number of aliphatic hydroxyl groups excluding tert-OH is 1. The molecule has 6 heteroatoms. The molecule has 1 aliphatic carbocycles. The third-order valence-electron chi connectivity index (χ3n) is 6.59. The van der Waals surface area contributed by atoms with Crippen molar-refractivity contribution in [2.24, 2.45) is 5.92 Å². The molecule has 0 radical (unpaired) electrons. The average molecular weight is 456 g/mol. The fourth-order valence-corrected chi connectivity index (χ4v) is 7.24. The maximum atomic E-state index is 11.9. The van der Waals surface area contributed by atoms with E-state index >= 15 is 0 Å². The van der Waals surface area contributed by atoms with Crippen molar-refractivity contribution in [2.75, 3.05) is 19.1 Å². The lowest BCUT2D eigenvalue weighted by Crippen LogP contribution is -2.62. The molecule has 1 aromatic carbocycles. The first-order chi connectivity index (χ1) is 14.1. The molecule has 0 aromatic heterocycles. The number of ether oxygens (including phenoxy) is 2. The van der Waals surface area contributed by atoms with E-state index in [0.29, 0.717) is 18.6 Å². The molecule has 4 nitrogen and oxygen atoms in total. The van der Waals surface area contributed by atoms with Gasteiger partial charge in [0.05, 0.1) is 30.5 Å². The minimum Gasteiger partial charge on any atom is -0.390 e. The molecular formula is C24H36ClO4S+. The first-order valence-electron chi connectivity index (χ1n) is 10.7. The summed E-state index contributed by atoms with van der Waals surface area (Å²) in [5.74, 6) is 1.29. The highest BCUT2D eigenvalue weighted by atomic mass is 35.5. The summed E-state index contributed by atoms with van der Waals surface area (Å²) < 4.78 is 11.9. The van der Waals surface area contributed by atoms with Crippen molar-refractivity contribution < 1.29 is 19.7 Å². The van der Waals surface area contributed by atoms with Gasteiger partial charge in [0.1, 0.15) is 22.7 Å². The smallest absolute Gasteiger partial charge is 0.137 e. The molecule has 0 spiro atoms. The Morgan fingerprint density at radius 3 is 2.60 bits per heavy atom. The molecule has 2 aliphatic rings. The summed E-state index contributed by atoms with van der Waals surface area (Å²) >= 11 is 6.01. The van der Waals surface area contributed by atoms with Crippen LogP contribution in [0.2, 0.25) is 5.02 Å². The number of aliphatic hydroxyl groups is 2. The molecule has 168 valence electrons. The Labute approximate surface area is 189 Å². The van der Waals surface area contributed by atoms with Gasteiger partial charge in [0.25, 0.3) is 0 Å². The zero-order chi connectivity index (χ0) is 22.1. The molecule has 0 amide bonds. The number of allylic oxidation sites excluding steroid dienone is 1. The van der Waals surface area contributed by atoms with Crippen LogP contribution in [-0.2, 0) is 26.1 Å². The zero-order valence-corrected chi connectivity index (χ0v) is 20.3. The highest BCUT2D eigenvalue weighted by Gasteiger charge is 2.68. The van der Waals surface area contributed by atoms with Gasteiger partial charge in [0.15, 0.2) is 0 Å². The Morgan fingerprint density at radius 1 is 1.33 bits per heavy atom. The summed E-state index contributed by atoms with van der Waals surface area (Å²) in [5, 5.41) is 23.3. The number of halogens is 1. The minimum absolute atomic E-state index is 0.0405. The van der Waals surface area contributed by atoms with Gasteiger partial charge in [-0.2, -0.15) is 0 Å². The topological polar surface area (TPSA) is 62.2 Å². The average Bonchev–Trinajstić information content (AvgIpc) is 3.34. The van der Waals surface area contributed by atoms with E-state index in [9.17, 15) is 10.2 Å². The lowest BCUT2D eigenvalue weighted by molar-refractivity contribution is -0.169. The zero-order valence-electron chi connectivity index (χ0n) is 18.7. The van der Waals surface area contributed by atoms with Gasteiger partial charge in [-0.15, -0.1) is 0 Å². The van der Waals surface area contributed by atoms with Crippen LogP contribution in [0, 0.1) is 5.92 Å². The maximum absolute atomic E-state index is 11.9. The monoisotopic (exact) mass is 455 g/mol. The lowest BCUT2D eigenvalue weighted by atomic mass is 9.66. The van der Waals surface area contributed by atoms with Crippen molar-refractivity contribution in [1.82, 2.24) is 0 Å². The van der Waals surface area contributed by atoms with Gasteiger partial charge in [-0.3, -0.25) is 0 Å². The first-order valence-corrected chi connectivity index (χ1v) is 13.0. The van der Waals surface area contributed by atoms with E-state index < -0.39 is 23.4 Å². The molecule has 1 aromatic rings. The Balaban J connectivity index is 1.79. The van der Waals surface area contributed by atoms with Gasteiger partial charge in [0, 0.05) is 17.7 Å². The van der Waals surface area contributed by atoms with E-state index in [4.69, 9.17) is 21.1 Å². The van der Waals surface area contributed by atoms with E-state index in [2.05, 4.69) is 45.2 Å². The molecule has 1 unspecified atom stereocenters. The summed E-state index contributed by atoms with van der Waals surface area (Å²) in [6.07, 6.45) is 5.33. The van der Waals surface area contributed by atoms with Gasteiger partial charge < -0.3 is 19.7 Å². The Kier molecular flexibility index (Phi) is 7.64. The van der Waals surface area contributed by atoms with E-state index in [-0.39, 0.29) is 22.9 Å². The van der Waals surface area contributed by atoms with Crippen LogP contribution in [-0.4, -0.2) is 58.8 Å². The maximum Gasteiger partial charge on any atom is 0.137 e. The third-order valence-corrected chi connectivity index (χ3v) is 8.66. The molecule has 7 atom stereocenters. The standard InChI is InChI=1S/C24H36ClO4S/c1-16(2)6-11-20-23(3,29-20)22-21(28-4)19(26)12-13-24(22,27)15-30(5)14-17-7-9-18(25)10-8-17/h6-10,19-22,26-27H,11-15H2,1-5H3/q+1/t19-,20-,21-,22-,23+,24+,30?/m1/s1. The molecule has 1 aliphatic heterocycles. The van der Waals surface area contributed by atoms with Crippen molar-refractivity contribution in [2.45, 2.75) is 75.3 Å². The SMILES string of the molecule is CO[C@@H]1[C@H](O)CC[C@](O)(C[S+](C)Cc2ccc(Cl)cc2)[C@H]1[C@@]1(C)O[C@@H]1CC=C(C)C. The highest BCUT2D eigenvalue weighted by Crippen LogP contribution is 2.54. The number of rotatable bonds is 8. The van der Waals surface area contributed by atoms with Gasteiger partial charge in [-0.05, 0) is 63.1 Å². The van der Waals surface area contributed by atoms with Gasteiger partial charge in [0.2, 0.25) is 0 Å². The predicted molar refractivity (Wildman–Crippen MR) is 125 cm³/mol. The molecular weight excluding hydrogens is 420 g/mol. The van der Waals surface area contributed by atoms with Crippen LogP contribution in [0.5, 0.6) is 0 Å². The molecule has 2 fully saturated rings. The molecule has 2 N–H and O–H groups in total. The van der Waals surface area contributed by atoms with Crippen LogP contribution in [0.15, 0.2) is 35.9 Å². The first kappa shape index (κ1) is 24.1. The van der Waals surface area contributed by atoms with Crippen LogP contribution in [0.25, 0.3) is 0 Å². The van der Waals surface area contributed by atoms with Crippen LogP contribution in [0.4, 0.5) is 0 Å². The number of benzene rings is 1. The van der Waals surface area contributed by atoms with Crippen LogP contribution in [0.3, 0.4) is 0 Å². The van der Waals surface area contributed by atoms with E-state index in [1.165, 1.54) is 11.1 Å². The summed E-state index contributed by atoms with van der Waals surface area (Å²) in [6.45, 7) is 6.24. The Morgan fingerprint density at radius 2 is 2.00 bits per heavy atom. The Hall–Kier alpha value is -0.560. The second-order valence-corrected chi connectivity index (χ2v) is 12.0. The van der Waals surface area contributed by atoms with Crippen LogP contribution >= 0.6 is 11.6 Å². The Bertz CT molecular complexity index is 750. The third kappa shape index (κ3) is 5.25. The van der Waals surface area contributed by atoms with E-state index in [1.807, 2.05) is 12.1 Å². The van der Waals surface area contributed by atoms with Crippen LogP contribution in [0.1, 0.15) is 45.6 Å². The van der Waals surface area contributed by atoms with Crippen LogP contribution < -0.4 is 0 Å². The minimum atomic E-state index is -0.932. The highest BCUT2D eigenvalue weighted by molar-refractivity contribution is 7.95. The van der Waals surface area contributed by atoms with Gasteiger partial charge in [-0.25, -0.2) is 0 Å². The number of methoxy groups -OCH3 is 1. The van der Waals surface area contributed by atoms with Crippen molar-refractivity contribution in [3.05, 3.63) is 46.5 Å². The largest absolute Gasteiger partial charge is 0.390 e. The molecule has 30 heavy (non-hydrogen) atoms. The van der Waals surface area contributed by atoms with Crippen molar-refractivity contribution in [3.63, 3.8) is 0 Å². The van der Waals surface area contributed by atoms with Gasteiger partial charge in [-0.1, -0.05) is 35.4 Å². The van der Waals surface area contributed by atoms with Crippen molar-refractivity contribution in [1.29, 1.82) is 0 Å². The predicted octanol–water partition coefficient (Wildman–Crippen LogP) is 4.12. The summed E-state index contributed by atoms with van der Waals surface area (Å²) in [7, 11) is 1.59. The van der Waals surface area contributed by atoms with Crippen molar-refractivity contribution >= 4 is 22.5 Å². The van der Waals surface area contributed by atoms with Gasteiger partial charge >= 0.3 is 0 Å². The molecule has 1 saturated heterocycles. The number of hydrogen-bond donors (Lipinski definition) is 2. The molecule has 1 heterocycles. The van der Waals surface area contributed by atoms with E-state index in [0.717, 1.165) is 17.2 Å². The van der Waals surface area contributed by atoms with Crippen molar-refractivity contribution in [3.8, 4) is 0 Å². The second kappa shape index (κ2) is 9.51. The summed E-state index contributed by atoms with van der Waals surface area (Å²) in [6, 6.07) is 7.93.